The van der Waals surface area contributed by atoms with Crippen LogP contribution in [0.2, 0.25) is 0 Å². The highest BCUT2D eigenvalue weighted by Crippen LogP contribution is 2.28. The van der Waals surface area contributed by atoms with Crippen LogP contribution in [-0.2, 0) is 6.42 Å². The minimum atomic E-state index is 0.458. The highest BCUT2D eigenvalue weighted by Gasteiger charge is 2.18. The molecule has 108 valence electrons. The lowest BCUT2D eigenvalue weighted by molar-refractivity contribution is 0.547. The van der Waals surface area contributed by atoms with Gasteiger partial charge in [0.15, 0.2) is 0 Å². The summed E-state index contributed by atoms with van der Waals surface area (Å²) in [5.74, 6) is 1.99. The molecule has 0 saturated carbocycles. The Kier molecular flexibility index (Phi) is 7.55. The van der Waals surface area contributed by atoms with Gasteiger partial charge in [0.1, 0.15) is 0 Å². The molecule has 0 saturated heterocycles. The molecule has 2 atom stereocenters. The first kappa shape index (κ1) is 16.6. The second-order valence-corrected chi connectivity index (χ2v) is 6.97. The molecule has 1 aromatic carbocycles. The summed E-state index contributed by atoms with van der Waals surface area (Å²) in [5.41, 5.74) is 2.84. The summed E-state index contributed by atoms with van der Waals surface area (Å²) in [6.07, 6.45) is 1.11. The van der Waals surface area contributed by atoms with Gasteiger partial charge < -0.3 is 5.32 Å². The van der Waals surface area contributed by atoms with E-state index < -0.39 is 0 Å². The summed E-state index contributed by atoms with van der Waals surface area (Å²) in [6.45, 7) is 12.3. The highest BCUT2D eigenvalue weighted by molar-refractivity contribution is 7.99. The van der Waals surface area contributed by atoms with Crippen molar-refractivity contribution in [1.29, 1.82) is 0 Å². The highest BCUT2D eigenvalue weighted by atomic mass is 32.2. The Balaban J connectivity index is 2.73. The molecule has 2 unspecified atom stereocenters. The van der Waals surface area contributed by atoms with E-state index in [1.54, 1.807) is 0 Å². The van der Waals surface area contributed by atoms with Gasteiger partial charge in [-0.3, -0.25) is 0 Å². The molecule has 2 heteroatoms. The van der Waals surface area contributed by atoms with Gasteiger partial charge in [0.2, 0.25) is 0 Å². The molecule has 1 aromatic rings. The van der Waals surface area contributed by atoms with E-state index in [2.05, 4.69) is 76.0 Å². The van der Waals surface area contributed by atoms with Crippen LogP contribution in [0.5, 0.6) is 0 Å². The zero-order chi connectivity index (χ0) is 14.3. The van der Waals surface area contributed by atoms with Crippen molar-refractivity contribution < 1.29 is 0 Å². The molecule has 1 nitrogen and oxygen atoms in total. The first-order valence-corrected chi connectivity index (χ1v) is 8.57. The lowest BCUT2D eigenvalue weighted by Gasteiger charge is -2.25. The number of hydrogen-bond acceptors (Lipinski definition) is 2. The van der Waals surface area contributed by atoms with Crippen LogP contribution in [0.4, 0.5) is 0 Å². The standard InChI is InChI=1S/C17H29NS/c1-6-15-8-10-16(11-9-15)17(18-7-2)14(5)19-12-13(3)4/h8-11,13-14,17-18H,6-7,12H2,1-5H3. The van der Waals surface area contributed by atoms with Gasteiger partial charge >= 0.3 is 0 Å². The predicted molar refractivity (Wildman–Crippen MR) is 89.0 cm³/mol. The molecule has 0 fully saturated rings. The number of rotatable bonds is 8. The van der Waals surface area contributed by atoms with E-state index in [1.807, 2.05) is 0 Å². The maximum atomic E-state index is 3.64. The van der Waals surface area contributed by atoms with E-state index in [0.717, 1.165) is 18.9 Å². The molecule has 0 aliphatic heterocycles. The maximum absolute atomic E-state index is 3.64. The molecule has 0 heterocycles. The Morgan fingerprint density at radius 2 is 1.68 bits per heavy atom. The Morgan fingerprint density at radius 1 is 1.05 bits per heavy atom. The molecular weight excluding hydrogens is 250 g/mol. The predicted octanol–water partition coefficient (Wildman–Crippen LogP) is 4.68. The van der Waals surface area contributed by atoms with Crippen LogP contribution in [0.1, 0.15) is 51.8 Å². The number of nitrogens with one attached hydrogen (secondary N) is 1. The zero-order valence-corrected chi connectivity index (χ0v) is 13.9. The fraction of sp³-hybridized carbons (Fsp3) is 0.647. The summed E-state index contributed by atoms with van der Waals surface area (Å²) in [7, 11) is 0. The van der Waals surface area contributed by atoms with Crippen LogP contribution in [0.15, 0.2) is 24.3 Å². The molecule has 0 bridgehead atoms. The summed E-state index contributed by atoms with van der Waals surface area (Å²) in [5, 5.41) is 4.25. The van der Waals surface area contributed by atoms with Gasteiger partial charge in [-0.1, -0.05) is 58.9 Å². The van der Waals surface area contributed by atoms with Gasteiger partial charge in [-0.15, -0.1) is 0 Å². The third-order valence-corrected chi connectivity index (χ3v) is 4.99. The topological polar surface area (TPSA) is 12.0 Å². The minimum Gasteiger partial charge on any atom is -0.309 e. The molecule has 0 amide bonds. The number of thioether (sulfide) groups is 1. The lowest BCUT2D eigenvalue weighted by atomic mass is 10.0. The van der Waals surface area contributed by atoms with Crippen molar-refractivity contribution in [3.8, 4) is 0 Å². The smallest absolute Gasteiger partial charge is 0.0437 e. The third-order valence-electron chi connectivity index (χ3n) is 3.33. The molecule has 0 aliphatic carbocycles. The van der Waals surface area contributed by atoms with Gasteiger partial charge in [0, 0.05) is 11.3 Å². The fourth-order valence-corrected chi connectivity index (χ4v) is 3.31. The van der Waals surface area contributed by atoms with Crippen LogP contribution in [0.3, 0.4) is 0 Å². The minimum absolute atomic E-state index is 0.458. The number of benzene rings is 1. The van der Waals surface area contributed by atoms with E-state index in [4.69, 9.17) is 0 Å². The van der Waals surface area contributed by atoms with Crippen molar-refractivity contribution in [2.24, 2.45) is 5.92 Å². The fourth-order valence-electron chi connectivity index (χ4n) is 2.18. The monoisotopic (exact) mass is 279 g/mol. The molecule has 0 spiro atoms. The van der Waals surface area contributed by atoms with E-state index in [-0.39, 0.29) is 0 Å². The van der Waals surface area contributed by atoms with Gasteiger partial charge in [0.05, 0.1) is 0 Å². The molecule has 19 heavy (non-hydrogen) atoms. The van der Waals surface area contributed by atoms with Crippen LogP contribution in [-0.4, -0.2) is 17.5 Å². The molecular formula is C17H29NS. The quantitative estimate of drug-likeness (QED) is 0.741. The number of hydrogen-bond donors (Lipinski definition) is 1. The van der Waals surface area contributed by atoms with Crippen molar-refractivity contribution in [2.75, 3.05) is 12.3 Å². The van der Waals surface area contributed by atoms with Gasteiger partial charge in [-0.05, 0) is 35.8 Å². The second kappa shape index (κ2) is 8.65. The Morgan fingerprint density at radius 3 is 2.16 bits per heavy atom. The second-order valence-electron chi connectivity index (χ2n) is 5.56. The summed E-state index contributed by atoms with van der Waals surface area (Å²) in [6, 6.07) is 9.57. The number of aryl methyl sites for hydroxylation is 1. The summed E-state index contributed by atoms with van der Waals surface area (Å²) < 4.78 is 0. The maximum Gasteiger partial charge on any atom is 0.0437 e. The van der Waals surface area contributed by atoms with Crippen LogP contribution in [0, 0.1) is 5.92 Å². The van der Waals surface area contributed by atoms with Crippen LogP contribution in [0.25, 0.3) is 0 Å². The zero-order valence-electron chi connectivity index (χ0n) is 13.1. The largest absolute Gasteiger partial charge is 0.309 e. The molecule has 1 rings (SSSR count). The molecule has 0 aliphatic rings. The van der Waals surface area contributed by atoms with Gasteiger partial charge in [-0.2, -0.15) is 11.8 Å². The Hall–Kier alpha value is -0.470. The molecule has 0 radical (unpaired) electrons. The Labute approximate surface area is 123 Å². The molecule has 1 N–H and O–H groups in total. The lowest BCUT2D eigenvalue weighted by Crippen LogP contribution is -2.29. The average Bonchev–Trinajstić information content (AvgIpc) is 2.42. The van der Waals surface area contributed by atoms with E-state index >= 15 is 0 Å². The third kappa shape index (κ3) is 5.58. The summed E-state index contributed by atoms with van der Waals surface area (Å²) in [4.78, 5) is 0. The van der Waals surface area contributed by atoms with Crippen molar-refractivity contribution in [3.05, 3.63) is 35.4 Å². The molecule has 0 aromatic heterocycles. The van der Waals surface area contributed by atoms with Crippen LogP contribution >= 0.6 is 11.8 Å². The van der Waals surface area contributed by atoms with Gasteiger partial charge in [-0.25, -0.2) is 0 Å². The van der Waals surface area contributed by atoms with Crippen molar-refractivity contribution in [3.63, 3.8) is 0 Å². The first-order valence-electron chi connectivity index (χ1n) is 7.52. The van der Waals surface area contributed by atoms with E-state index in [9.17, 15) is 0 Å². The summed E-state index contributed by atoms with van der Waals surface area (Å²) >= 11 is 2.07. The van der Waals surface area contributed by atoms with Crippen molar-refractivity contribution in [1.82, 2.24) is 5.32 Å². The van der Waals surface area contributed by atoms with Crippen LogP contribution < -0.4 is 5.32 Å². The average molecular weight is 279 g/mol. The van der Waals surface area contributed by atoms with Crippen molar-refractivity contribution >= 4 is 11.8 Å². The van der Waals surface area contributed by atoms with E-state index in [0.29, 0.717) is 11.3 Å². The normalized spacial score (nSPS) is 14.6. The first-order chi connectivity index (χ1) is 9.08. The van der Waals surface area contributed by atoms with Crippen molar-refractivity contribution in [2.45, 2.75) is 52.3 Å². The van der Waals surface area contributed by atoms with E-state index in [1.165, 1.54) is 16.9 Å². The Bertz CT molecular complexity index is 345. The van der Waals surface area contributed by atoms with Gasteiger partial charge in [0.25, 0.3) is 0 Å². The SMILES string of the molecule is CCNC(c1ccc(CC)cc1)C(C)SCC(C)C.